The number of rotatable bonds is 4. The molecule has 2 aromatic carbocycles. The molecule has 128 valence electrons. The lowest BCUT2D eigenvalue weighted by atomic mass is 9.89. The number of amides is 1. The second-order valence-corrected chi connectivity index (χ2v) is 7.25. The molecular formula is C20H21N3OS. The third kappa shape index (κ3) is 4.51. The zero-order valence-electron chi connectivity index (χ0n) is 14.1. The Hall–Kier alpha value is -2.53. The van der Waals surface area contributed by atoms with Gasteiger partial charge in [-0.3, -0.25) is 9.79 Å². The van der Waals surface area contributed by atoms with E-state index in [1.165, 1.54) is 6.08 Å². The number of nitrogens with one attached hydrogen (secondary N) is 1. The number of nitrogens with zero attached hydrogens (tertiary/aromatic N) is 1. The van der Waals surface area contributed by atoms with Crippen molar-refractivity contribution in [3.05, 3.63) is 71.8 Å². The van der Waals surface area contributed by atoms with Crippen molar-refractivity contribution < 1.29 is 4.79 Å². The highest BCUT2D eigenvalue weighted by molar-refractivity contribution is 8.13. The number of carbonyl (C=O) groups excluding carboxylic acids is 1. The van der Waals surface area contributed by atoms with Crippen LogP contribution in [0.2, 0.25) is 0 Å². The SMILES string of the molecule is CC1(c2cccc(NC(=O)/C=C/c3ccccc3)c2)CCSC(N)=N1. The van der Waals surface area contributed by atoms with Gasteiger partial charge in [0.2, 0.25) is 5.91 Å². The van der Waals surface area contributed by atoms with Crippen LogP contribution < -0.4 is 11.1 Å². The van der Waals surface area contributed by atoms with Gasteiger partial charge in [-0.2, -0.15) is 0 Å². The number of carbonyl (C=O) groups is 1. The fourth-order valence-electron chi connectivity index (χ4n) is 2.75. The molecule has 25 heavy (non-hydrogen) atoms. The Morgan fingerprint density at radius 3 is 2.80 bits per heavy atom. The number of aliphatic imine (C=N–C) groups is 1. The molecule has 0 saturated heterocycles. The number of thioether (sulfide) groups is 1. The summed E-state index contributed by atoms with van der Waals surface area (Å²) in [5.41, 5.74) is 8.36. The normalized spacial score (nSPS) is 20.3. The number of benzene rings is 2. The zero-order chi connectivity index (χ0) is 17.7. The van der Waals surface area contributed by atoms with Crippen LogP contribution in [0.5, 0.6) is 0 Å². The van der Waals surface area contributed by atoms with Gasteiger partial charge in [0, 0.05) is 17.5 Å². The van der Waals surface area contributed by atoms with Crippen molar-refractivity contribution in [2.24, 2.45) is 10.7 Å². The lowest BCUT2D eigenvalue weighted by Crippen LogP contribution is -2.28. The fourth-order valence-corrected chi connectivity index (χ4v) is 3.72. The molecule has 1 heterocycles. The quantitative estimate of drug-likeness (QED) is 0.818. The van der Waals surface area contributed by atoms with E-state index in [2.05, 4.69) is 17.2 Å². The van der Waals surface area contributed by atoms with Gasteiger partial charge < -0.3 is 11.1 Å². The van der Waals surface area contributed by atoms with E-state index < -0.39 is 0 Å². The third-order valence-corrected chi connectivity index (χ3v) is 4.97. The first kappa shape index (κ1) is 17.3. The summed E-state index contributed by atoms with van der Waals surface area (Å²) in [5.74, 6) is 0.788. The van der Waals surface area contributed by atoms with Gasteiger partial charge in [0.05, 0.1) is 5.54 Å². The lowest BCUT2D eigenvalue weighted by Gasteiger charge is -2.30. The molecule has 5 heteroatoms. The van der Waals surface area contributed by atoms with Gasteiger partial charge in [-0.1, -0.05) is 54.2 Å². The first-order valence-corrected chi connectivity index (χ1v) is 9.16. The lowest BCUT2D eigenvalue weighted by molar-refractivity contribution is -0.111. The Kier molecular flexibility index (Phi) is 5.24. The van der Waals surface area contributed by atoms with Crippen LogP contribution in [0.4, 0.5) is 5.69 Å². The molecule has 1 aliphatic heterocycles. The number of anilines is 1. The van der Waals surface area contributed by atoms with Gasteiger partial charge >= 0.3 is 0 Å². The van der Waals surface area contributed by atoms with Crippen LogP contribution in [-0.2, 0) is 10.3 Å². The van der Waals surface area contributed by atoms with Gasteiger partial charge in [-0.25, -0.2) is 0 Å². The topological polar surface area (TPSA) is 67.5 Å². The molecule has 3 N–H and O–H groups in total. The maximum absolute atomic E-state index is 12.2. The van der Waals surface area contributed by atoms with Gasteiger partial charge in [0.1, 0.15) is 0 Å². The van der Waals surface area contributed by atoms with E-state index in [0.717, 1.165) is 29.0 Å². The summed E-state index contributed by atoms with van der Waals surface area (Å²) < 4.78 is 0. The van der Waals surface area contributed by atoms with Crippen LogP contribution in [0.1, 0.15) is 24.5 Å². The van der Waals surface area contributed by atoms with E-state index >= 15 is 0 Å². The maximum atomic E-state index is 12.2. The van der Waals surface area contributed by atoms with Crippen LogP contribution in [0.15, 0.2) is 65.7 Å². The second kappa shape index (κ2) is 7.57. The van der Waals surface area contributed by atoms with Crippen LogP contribution in [0.3, 0.4) is 0 Å². The number of amidine groups is 1. The Bertz CT molecular complexity index is 817. The molecule has 0 aliphatic carbocycles. The summed E-state index contributed by atoms with van der Waals surface area (Å²) in [4.78, 5) is 16.8. The molecule has 1 aliphatic rings. The average Bonchev–Trinajstić information content (AvgIpc) is 2.61. The Balaban J connectivity index is 1.73. The summed E-state index contributed by atoms with van der Waals surface area (Å²) in [5, 5.41) is 3.53. The van der Waals surface area contributed by atoms with Crippen LogP contribution in [0, 0.1) is 0 Å². The van der Waals surface area contributed by atoms with Crippen molar-refractivity contribution in [2.75, 3.05) is 11.1 Å². The number of hydrogen-bond donors (Lipinski definition) is 2. The fraction of sp³-hybridized carbons (Fsp3) is 0.200. The first-order chi connectivity index (χ1) is 12.0. The molecule has 0 radical (unpaired) electrons. The molecule has 3 rings (SSSR count). The Morgan fingerprint density at radius 1 is 1.24 bits per heavy atom. The minimum atomic E-state index is -0.337. The predicted octanol–water partition coefficient (Wildman–Crippen LogP) is 4.01. The molecule has 0 fully saturated rings. The van der Waals surface area contributed by atoms with Gasteiger partial charge in [-0.15, -0.1) is 0 Å². The number of hydrogen-bond acceptors (Lipinski definition) is 4. The second-order valence-electron chi connectivity index (χ2n) is 6.14. The highest BCUT2D eigenvalue weighted by Gasteiger charge is 2.29. The van der Waals surface area contributed by atoms with E-state index in [0.29, 0.717) is 5.17 Å². The predicted molar refractivity (Wildman–Crippen MR) is 107 cm³/mol. The van der Waals surface area contributed by atoms with E-state index in [1.54, 1.807) is 17.8 Å². The summed E-state index contributed by atoms with van der Waals surface area (Å²) in [7, 11) is 0. The molecular weight excluding hydrogens is 330 g/mol. The monoisotopic (exact) mass is 351 g/mol. The average molecular weight is 351 g/mol. The van der Waals surface area contributed by atoms with Crippen LogP contribution in [0.25, 0.3) is 6.08 Å². The van der Waals surface area contributed by atoms with Crippen molar-refractivity contribution in [1.29, 1.82) is 0 Å². The van der Waals surface area contributed by atoms with Crippen molar-refractivity contribution in [3.63, 3.8) is 0 Å². The molecule has 0 aromatic heterocycles. The Labute approximate surface area is 152 Å². The third-order valence-electron chi connectivity index (χ3n) is 4.17. The molecule has 0 spiro atoms. The summed E-state index contributed by atoms with van der Waals surface area (Å²) in [6.45, 7) is 2.08. The molecule has 1 atom stereocenters. The van der Waals surface area contributed by atoms with E-state index in [9.17, 15) is 4.79 Å². The highest BCUT2D eigenvalue weighted by atomic mass is 32.2. The molecule has 1 amide bonds. The molecule has 1 unspecified atom stereocenters. The van der Waals surface area contributed by atoms with E-state index in [1.807, 2.05) is 54.6 Å². The van der Waals surface area contributed by atoms with Crippen molar-refractivity contribution in [2.45, 2.75) is 18.9 Å². The molecule has 0 saturated carbocycles. The van der Waals surface area contributed by atoms with Crippen LogP contribution in [-0.4, -0.2) is 16.8 Å². The standard InChI is InChI=1S/C20H21N3OS/c1-20(12-13-25-19(21)23-20)16-8-5-9-17(14-16)22-18(24)11-10-15-6-3-2-4-7-15/h2-11,14H,12-13H2,1H3,(H2,21,23)(H,22,24)/b11-10+. The van der Waals surface area contributed by atoms with Crippen molar-refractivity contribution in [1.82, 2.24) is 0 Å². The largest absolute Gasteiger partial charge is 0.379 e. The minimum absolute atomic E-state index is 0.159. The highest BCUT2D eigenvalue weighted by Crippen LogP contribution is 2.35. The first-order valence-electron chi connectivity index (χ1n) is 8.18. The van der Waals surface area contributed by atoms with Crippen molar-refractivity contribution >= 4 is 34.6 Å². The summed E-state index contributed by atoms with van der Waals surface area (Å²) in [6, 6.07) is 17.6. The van der Waals surface area contributed by atoms with Gasteiger partial charge in [0.15, 0.2) is 5.17 Å². The molecule has 4 nitrogen and oxygen atoms in total. The van der Waals surface area contributed by atoms with Crippen molar-refractivity contribution in [3.8, 4) is 0 Å². The maximum Gasteiger partial charge on any atom is 0.248 e. The minimum Gasteiger partial charge on any atom is -0.379 e. The molecule has 2 aromatic rings. The van der Waals surface area contributed by atoms with E-state index in [-0.39, 0.29) is 11.4 Å². The Morgan fingerprint density at radius 2 is 2.04 bits per heavy atom. The van der Waals surface area contributed by atoms with E-state index in [4.69, 9.17) is 5.73 Å². The zero-order valence-corrected chi connectivity index (χ0v) is 14.9. The smallest absolute Gasteiger partial charge is 0.248 e. The van der Waals surface area contributed by atoms with Crippen LogP contribution >= 0.6 is 11.8 Å². The summed E-state index contributed by atoms with van der Waals surface area (Å²) >= 11 is 1.58. The molecule has 0 bridgehead atoms. The summed E-state index contributed by atoms with van der Waals surface area (Å²) in [6.07, 6.45) is 4.25. The van der Waals surface area contributed by atoms with Gasteiger partial charge in [0.25, 0.3) is 0 Å². The van der Waals surface area contributed by atoms with Gasteiger partial charge in [-0.05, 0) is 42.7 Å². The number of nitrogens with two attached hydrogens (primary N) is 1.